The zero-order valence-corrected chi connectivity index (χ0v) is 65.3. The summed E-state index contributed by atoms with van der Waals surface area (Å²) in [7, 11) is -4.41. The fraction of sp³-hybridized carbons (Fsp3) is 0.730. The summed E-state index contributed by atoms with van der Waals surface area (Å²) in [6.45, 7) is 3.65. The third kappa shape index (κ3) is 83.0. The Morgan fingerprint density at radius 3 is 0.828 bits per heavy atom. The zero-order chi connectivity index (χ0) is 71.5. The van der Waals surface area contributed by atoms with E-state index in [1.807, 2.05) is 0 Å². The number of hydrogen-bond donors (Lipinski definition) is 2. The van der Waals surface area contributed by atoms with Gasteiger partial charge in [0.2, 0.25) is 0 Å². The molecule has 0 aromatic rings. The molecule has 0 aliphatic heterocycles. The molecule has 99 heavy (non-hydrogen) atoms. The minimum absolute atomic E-state index is 0.0451. The Bertz CT molecular complexity index is 2100. The summed E-state index contributed by atoms with van der Waals surface area (Å²) in [5, 5.41) is 0. The van der Waals surface area contributed by atoms with Crippen molar-refractivity contribution in [2.24, 2.45) is 5.73 Å². The molecule has 3 N–H and O–H groups in total. The van der Waals surface area contributed by atoms with Gasteiger partial charge in [0.25, 0.3) is 0 Å². The van der Waals surface area contributed by atoms with Gasteiger partial charge in [-0.3, -0.25) is 18.6 Å². The molecule has 0 aliphatic carbocycles. The van der Waals surface area contributed by atoms with Gasteiger partial charge in [-0.1, -0.05) is 411 Å². The van der Waals surface area contributed by atoms with Crippen LogP contribution in [0.15, 0.2) is 134 Å². The molecular weight excluding hydrogens is 1240 g/mol. The Balaban J connectivity index is 3.86. The Kier molecular flexibility index (Phi) is 79.9. The molecule has 0 bridgehead atoms. The van der Waals surface area contributed by atoms with E-state index in [0.29, 0.717) is 6.42 Å². The van der Waals surface area contributed by atoms with Gasteiger partial charge in [0.15, 0.2) is 6.10 Å². The van der Waals surface area contributed by atoms with Gasteiger partial charge in [0.05, 0.1) is 13.2 Å². The van der Waals surface area contributed by atoms with Gasteiger partial charge in [-0.25, -0.2) is 4.57 Å². The molecule has 0 heterocycles. The van der Waals surface area contributed by atoms with E-state index in [1.165, 1.54) is 231 Å². The van der Waals surface area contributed by atoms with Crippen LogP contribution in [0.2, 0.25) is 0 Å². The van der Waals surface area contributed by atoms with Crippen molar-refractivity contribution in [1.29, 1.82) is 0 Å². The fourth-order valence-corrected chi connectivity index (χ4v) is 12.7. The smallest absolute Gasteiger partial charge is 0.462 e. The summed E-state index contributed by atoms with van der Waals surface area (Å²) in [6.07, 6.45) is 119. The quantitative estimate of drug-likeness (QED) is 0.0264. The van der Waals surface area contributed by atoms with E-state index in [1.54, 1.807) is 0 Å². The van der Waals surface area contributed by atoms with Gasteiger partial charge in [0, 0.05) is 19.4 Å². The van der Waals surface area contributed by atoms with Gasteiger partial charge in [0.1, 0.15) is 6.61 Å². The first-order chi connectivity index (χ1) is 48.8. The molecule has 2 unspecified atom stereocenters. The van der Waals surface area contributed by atoms with E-state index in [0.717, 1.165) is 122 Å². The van der Waals surface area contributed by atoms with E-state index in [2.05, 4.69) is 148 Å². The summed E-state index contributed by atoms with van der Waals surface area (Å²) >= 11 is 0. The molecule has 10 heteroatoms. The molecule has 0 aliphatic rings. The molecule has 0 amide bonds. The van der Waals surface area contributed by atoms with Crippen LogP contribution < -0.4 is 5.73 Å². The minimum Gasteiger partial charge on any atom is -0.462 e. The molecule has 0 aromatic carbocycles. The van der Waals surface area contributed by atoms with E-state index < -0.39 is 26.5 Å². The molecule has 0 fully saturated rings. The van der Waals surface area contributed by atoms with Gasteiger partial charge in [-0.15, -0.1) is 0 Å². The average molecular weight is 1400 g/mol. The van der Waals surface area contributed by atoms with Crippen molar-refractivity contribution in [3.63, 3.8) is 0 Å². The number of ether oxygens (including phenoxy) is 2. The molecule has 0 rings (SSSR count). The summed E-state index contributed by atoms with van der Waals surface area (Å²) < 4.78 is 33.3. The van der Waals surface area contributed by atoms with Crippen LogP contribution in [0.5, 0.6) is 0 Å². The Morgan fingerprint density at radius 2 is 0.556 bits per heavy atom. The first-order valence-corrected chi connectivity index (χ1v) is 43.2. The Hall–Kier alpha value is -3.85. The lowest BCUT2D eigenvalue weighted by Crippen LogP contribution is -2.29. The maximum Gasteiger partial charge on any atom is 0.472 e. The lowest BCUT2D eigenvalue weighted by Gasteiger charge is -2.19. The predicted molar refractivity (Wildman–Crippen MR) is 431 cm³/mol. The van der Waals surface area contributed by atoms with Gasteiger partial charge >= 0.3 is 19.8 Å². The van der Waals surface area contributed by atoms with Crippen LogP contribution in [0.4, 0.5) is 0 Å². The molecule has 0 aromatic heterocycles. The van der Waals surface area contributed by atoms with Crippen LogP contribution in [-0.2, 0) is 32.7 Å². The van der Waals surface area contributed by atoms with Crippen molar-refractivity contribution in [3.8, 4) is 0 Å². The molecule has 9 nitrogen and oxygen atoms in total. The van der Waals surface area contributed by atoms with E-state index in [9.17, 15) is 19.0 Å². The second-order valence-electron chi connectivity index (χ2n) is 27.6. The van der Waals surface area contributed by atoms with Crippen molar-refractivity contribution < 1.29 is 37.6 Å². The number of allylic oxidation sites excluding steroid dienone is 22. The monoisotopic (exact) mass is 1400 g/mol. The molecule has 570 valence electrons. The fourth-order valence-electron chi connectivity index (χ4n) is 11.9. The number of hydrogen-bond acceptors (Lipinski definition) is 8. The number of phosphoric acid groups is 1. The molecule has 0 radical (unpaired) electrons. The average Bonchev–Trinajstić information content (AvgIpc) is 1.35. The second-order valence-corrected chi connectivity index (χ2v) is 29.1. The predicted octanol–water partition coefficient (Wildman–Crippen LogP) is 28.3. The number of carbonyl (C=O) groups excluding carboxylic acids is 2. The van der Waals surface area contributed by atoms with E-state index >= 15 is 0 Å². The van der Waals surface area contributed by atoms with Crippen LogP contribution >= 0.6 is 7.82 Å². The van der Waals surface area contributed by atoms with Crippen molar-refractivity contribution in [2.45, 2.75) is 392 Å². The van der Waals surface area contributed by atoms with Gasteiger partial charge in [-0.2, -0.15) is 0 Å². The highest BCUT2D eigenvalue weighted by molar-refractivity contribution is 7.47. The van der Waals surface area contributed by atoms with Crippen molar-refractivity contribution in [1.82, 2.24) is 0 Å². The standard InChI is InChI=1S/C89H156NO8P/c1-3-5-7-9-11-13-15-17-19-21-23-25-27-29-31-33-35-37-39-41-43-45-47-49-51-53-55-57-59-61-63-65-67-69-71-73-75-77-79-81-88(91)95-85-87(86-97-99(93,94)96-84-83-90)98-89(92)82-80-78-76-74-72-70-68-66-64-62-60-58-56-54-52-50-48-46-44-42-40-38-36-34-32-30-28-26-24-22-20-18-16-14-12-10-8-6-4-2/h6,8,12,14,18,20,24,26,30,32,36,38,42,44,48,50,54,56,60,62,66,68,87H,3-5,7,9-11,13,15-17,19,21-23,25,27-29,31,33-35,37,39-41,43,45-47,49,51-53,55,57-59,61,63-65,67,69-86,90H2,1-2H3,(H,93,94)/b8-6-,14-12-,20-18-,26-24-,32-30-,38-36-,44-42-,50-48-,56-54-,62-60-,68-66-. The Labute approximate surface area is 612 Å². The van der Waals surface area contributed by atoms with Crippen molar-refractivity contribution in [3.05, 3.63) is 134 Å². The summed E-state index contributed by atoms with van der Waals surface area (Å²) in [6, 6.07) is 0. The van der Waals surface area contributed by atoms with Crippen LogP contribution in [0.3, 0.4) is 0 Å². The second kappa shape index (κ2) is 83.1. The third-order valence-corrected chi connectivity index (χ3v) is 19.0. The topological polar surface area (TPSA) is 134 Å². The number of carbonyl (C=O) groups is 2. The van der Waals surface area contributed by atoms with Crippen molar-refractivity contribution >= 4 is 19.8 Å². The van der Waals surface area contributed by atoms with Gasteiger partial charge in [-0.05, 0) is 96.3 Å². The van der Waals surface area contributed by atoms with Crippen LogP contribution in [0.1, 0.15) is 386 Å². The van der Waals surface area contributed by atoms with Gasteiger partial charge < -0.3 is 20.1 Å². The van der Waals surface area contributed by atoms with E-state index in [4.69, 9.17) is 24.3 Å². The molecular formula is C89H156NO8P. The molecule has 0 spiro atoms. The molecule has 2 atom stereocenters. The highest BCUT2D eigenvalue weighted by Gasteiger charge is 2.26. The first kappa shape index (κ1) is 95.2. The maximum atomic E-state index is 12.8. The number of rotatable bonds is 78. The zero-order valence-electron chi connectivity index (χ0n) is 64.4. The number of esters is 2. The summed E-state index contributed by atoms with van der Waals surface area (Å²) in [4.78, 5) is 35.5. The summed E-state index contributed by atoms with van der Waals surface area (Å²) in [5.41, 5.74) is 5.41. The SMILES string of the molecule is CC/C=C\C/C=C\C/C=C\C/C=C\C/C=C\C/C=C\C/C=C\C/C=C\C/C=C\C/C=C\C/C=C\CCCCCCCC(=O)OC(COC(=O)CCCCCCCCCCCCCCCCCCCCCCCCCCCCCCCCCCCCCCCCC)COP(=O)(O)OCCN. The largest absolute Gasteiger partial charge is 0.472 e. The highest BCUT2D eigenvalue weighted by Crippen LogP contribution is 2.43. The normalized spacial score (nSPS) is 13.5. The third-order valence-electron chi connectivity index (χ3n) is 18.1. The van der Waals surface area contributed by atoms with Crippen molar-refractivity contribution in [2.75, 3.05) is 26.4 Å². The molecule has 0 saturated heterocycles. The summed E-state index contributed by atoms with van der Waals surface area (Å²) in [5.74, 6) is -0.843. The lowest BCUT2D eigenvalue weighted by molar-refractivity contribution is -0.161. The molecule has 0 saturated carbocycles. The van der Waals surface area contributed by atoms with E-state index in [-0.39, 0.29) is 38.6 Å². The van der Waals surface area contributed by atoms with Crippen LogP contribution in [0, 0.1) is 0 Å². The minimum atomic E-state index is -4.41. The Morgan fingerprint density at radius 1 is 0.313 bits per heavy atom. The highest BCUT2D eigenvalue weighted by atomic mass is 31.2. The van der Waals surface area contributed by atoms with Crippen LogP contribution in [0.25, 0.3) is 0 Å². The number of phosphoric ester groups is 1. The number of nitrogens with two attached hydrogens (primary N) is 1. The first-order valence-electron chi connectivity index (χ1n) is 41.7. The van der Waals surface area contributed by atoms with Crippen LogP contribution in [-0.4, -0.2) is 49.3 Å². The maximum absolute atomic E-state index is 12.8. The number of unbranched alkanes of at least 4 members (excludes halogenated alkanes) is 43. The lowest BCUT2D eigenvalue weighted by atomic mass is 10.0.